The Morgan fingerprint density at radius 2 is 1.57 bits per heavy atom. The average molecular weight is 735 g/mol. The van der Waals surface area contributed by atoms with Crippen molar-refractivity contribution in [3.63, 3.8) is 0 Å². The highest BCUT2D eigenvalue weighted by Gasteiger charge is 2.52. The van der Waals surface area contributed by atoms with Crippen LogP contribution in [0.2, 0.25) is 0 Å². The lowest BCUT2D eigenvalue weighted by Crippen LogP contribution is -2.60. The second kappa shape index (κ2) is 17.6. The number of hydrogen-bond acceptors (Lipinski definition) is 14. The van der Waals surface area contributed by atoms with Crippen molar-refractivity contribution < 1.29 is 58.7 Å². The molecule has 18 atom stereocenters. The summed E-state index contributed by atoms with van der Waals surface area (Å²) in [6.07, 6.45) is -8.22. The first-order chi connectivity index (χ1) is 23.5. The Balaban J connectivity index is 2.15. The molecule has 0 aliphatic carbocycles. The van der Waals surface area contributed by atoms with Crippen molar-refractivity contribution >= 4 is 5.97 Å². The molecule has 3 aliphatic heterocycles. The molecule has 14 heteroatoms. The zero-order valence-electron chi connectivity index (χ0n) is 33.2. The molecule has 0 spiro atoms. The number of aliphatic hydroxyl groups excluding tert-OH is 3. The number of cyclic esters (lactones) is 1. The number of likely N-dealkylation sites (N-methyl/N-ethyl adjacent to an activating group) is 1. The summed E-state index contributed by atoms with van der Waals surface area (Å²) in [4.78, 5) is 16.1. The molecule has 0 aromatic heterocycles. The van der Waals surface area contributed by atoms with Crippen LogP contribution in [0.25, 0.3) is 0 Å². The standard InChI is InChI=1S/C37H70N2O12/c1-14-26-37(10,45)30(41)23(6)38-18-19(2)16-35(8,44)32(51-34-28(40)25(39(11)12)15-20(3)47-34)21(4)29(22(5)33(43)49-26)50-27-17-36(9,46-13)31(42)24(7)48-27/h19-32,34,38,40-42,44-45H,14-18H2,1-13H3/t19?,20?,21?,22?,23?,24?,25?,26?,27?,28?,29?,30?,31?,32?,34?,35-,36-,37-/m1/s1. The number of ether oxygens (including phenoxy) is 6. The summed E-state index contributed by atoms with van der Waals surface area (Å²) in [6, 6.07) is -0.858. The van der Waals surface area contributed by atoms with E-state index in [-0.39, 0.29) is 37.3 Å². The van der Waals surface area contributed by atoms with Gasteiger partial charge in [0.05, 0.1) is 41.5 Å². The van der Waals surface area contributed by atoms with E-state index in [1.807, 2.05) is 39.8 Å². The molecule has 51 heavy (non-hydrogen) atoms. The number of aliphatic hydroxyl groups is 5. The summed E-state index contributed by atoms with van der Waals surface area (Å²) in [5.74, 6) is -2.60. The zero-order valence-corrected chi connectivity index (χ0v) is 33.2. The molecule has 0 saturated carbocycles. The maximum atomic E-state index is 14.1. The summed E-state index contributed by atoms with van der Waals surface area (Å²) >= 11 is 0. The average Bonchev–Trinajstić information content (AvgIpc) is 3.05. The molecule has 3 fully saturated rings. The first-order valence-corrected chi connectivity index (χ1v) is 18.8. The lowest BCUT2D eigenvalue weighted by Gasteiger charge is -2.48. The van der Waals surface area contributed by atoms with Crippen molar-refractivity contribution in [2.75, 3.05) is 27.7 Å². The van der Waals surface area contributed by atoms with Crippen LogP contribution in [-0.2, 0) is 33.2 Å². The lowest BCUT2D eigenvalue weighted by atomic mass is 9.77. The zero-order chi connectivity index (χ0) is 38.8. The van der Waals surface area contributed by atoms with Gasteiger partial charge in [-0.3, -0.25) is 4.79 Å². The first-order valence-electron chi connectivity index (χ1n) is 18.8. The van der Waals surface area contributed by atoms with Crippen molar-refractivity contribution in [1.82, 2.24) is 10.2 Å². The summed E-state index contributed by atoms with van der Waals surface area (Å²) in [6.45, 7) is 17.8. The summed E-state index contributed by atoms with van der Waals surface area (Å²) < 4.78 is 37.4. The Morgan fingerprint density at radius 1 is 0.941 bits per heavy atom. The SMILES string of the molecule is CCC1OC(=O)C(C)C(OC2C[C@@](C)(OC)C(O)C(C)O2)C(C)C(OC2OC(C)CC(N(C)C)C2O)[C@](C)(O)CC(C)CNC(C)C(O)[C@]1(C)O. The number of esters is 1. The summed E-state index contributed by atoms with van der Waals surface area (Å²) in [5.41, 5.74) is -4.37. The van der Waals surface area contributed by atoms with E-state index in [1.165, 1.54) is 14.0 Å². The molecule has 15 unspecified atom stereocenters. The second-order valence-corrected chi connectivity index (χ2v) is 16.7. The molecule has 0 radical (unpaired) electrons. The van der Waals surface area contributed by atoms with Crippen molar-refractivity contribution in [3.05, 3.63) is 0 Å². The second-order valence-electron chi connectivity index (χ2n) is 16.7. The normalized spacial score (nSPS) is 49.9. The van der Waals surface area contributed by atoms with E-state index in [9.17, 15) is 30.3 Å². The molecule has 0 bridgehead atoms. The number of methoxy groups -OCH3 is 1. The third kappa shape index (κ3) is 10.2. The van der Waals surface area contributed by atoms with Gasteiger partial charge in [0.1, 0.15) is 30.0 Å². The highest BCUT2D eigenvalue weighted by molar-refractivity contribution is 5.73. The van der Waals surface area contributed by atoms with Gasteiger partial charge in [-0.1, -0.05) is 20.8 Å². The third-order valence-corrected chi connectivity index (χ3v) is 11.7. The first kappa shape index (κ1) is 44.4. The van der Waals surface area contributed by atoms with Gasteiger partial charge in [-0.2, -0.15) is 0 Å². The van der Waals surface area contributed by atoms with Gasteiger partial charge < -0.3 is 64.2 Å². The smallest absolute Gasteiger partial charge is 0.311 e. The predicted molar refractivity (Wildman–Crippen MR) is 190 cm³/mol. The number of nitrogens with one attached hydrogen (secondary N) is 1. The quantitative estimate of drug-likeness (QED) is 0.207. The van der Waals surface area contributed by atoms with Crippen LogP contribution in [0.15, 0.2) is 0 Å². The minimum atomic E-state index is -1.80. The Hall–Kier alpha value is -1.01. The van der Waals surface area contributed by atoms with Gasteiger partial charge in [0.25, 0.3) is 0 Å². The topological polar surface area (TPSA) is 189 Å². The van der Waals surface area contributed by atoms with Gasteiger partial charge in [0.2, 0.25) is 0 Å². The van der Waals surface area contributed by atoms with E-state index in [2.05, 4.69) is 5.32 Å². The van der Waals surface area contributed by atoms with Crippen molar-refractivity contribution in [1.29, 1.82) is 0 Å². The van der Waals surface area contributed by atoms with Gasteiger partial charge in [0.15, 0.2) is 12.6 Å². The van der Waals surface area contributed by atoms with Crippen LogP contribution in [0.3, 0.4) is 0 Å². The molecular weight excluding hydrogens is 664 g/mol. The molecule has 3 saturated heterocycles. The van der Waals surface area contributed by atoms with E-state index in [0.29, 0.717) is 13.0 Å². The highest BCUT2D eigenvalue weighted by atomic mass is 16.7. The number of nitrogens with zero attached hydrogens (tertiary/aromatic N) is 1. The van der Waals surface area contributed by atoms with Crippen LogP contribution in [0, 0.1) is 17.8 Å². The minimum Gasteiger partial charge on any atom is -0.459 e. The van der Waals surface area contributed by atoms with Gasteiger partial charge in [-0.15, -0.1) is 0 Å². The van der Waals surface area contributed by atoms with E-state index < -0.39 is 96.0 Å². The summed E-state index contributed by atoms with van der Waals surface area (Å²) in [7, 11) is 5.27. The maximum Gasteiger partial charge on any atom is 0.311 e. The van der Waals surface area contributed by atoms with Crippen LogP contribution in [0.1, 0.15) is 94.9 Å². The monoisotopic (exact) mass is 734 g/mol. The van der Waals surface area contributed by atoms with Gasteiger partial charge in [0, 0.05) is 31.5 Å². The van der Waals surface area contributed by atoms with Crippen molar-refractivity contribution in [3.8, 4) is 0 Å². The third-order valence-electron chi connectivity index (χ3n) is 11.7. The minimum absolute atomic E-state index is 0.132. The number of carbonyl (C=O) groups is 1. The fraction of sp³-hybridized carbons (Fsp3) is 0.973. The highest BCUT2D eigenvalue weighted by Crippen LogP contribution is 2.40. The predicted octanol–water partition coefficient (Wildman–Crippen LogP) is 1.56. The van der Waals surface area contributed by atoms with E-state index in [4.69, 9.17) is 28.4 Å². The molecule has 0 aromatic rings. The van der Waals surface area contributed by atoms with Crippen LogP contribution >= 0.6 is 0 Å². The van der Waals surface area contributed by atoms with Gasteiger partial charge >= 0.3 is 5.97 Å². The van der Waals surface area contributed by atoms with E-state index in [0.717, 1.165) is 0 Å². The van der Waals surface area contributed by atoms with Crippen LogP contribution in [-0.4, -0.2) is 154 Å². The fourth-order valence-corrected chi connectivity index (χ4v) is 8.36. The Labute approximate surface area is 305 Å². The van der Waals surface area contributed by atoms with Crippen LogP contribution in [0.4, 0.5) is 0 Å². The fourth-order valence-electron chi connectivity index (χ4n) is 8.36. The van der Waals surface area contributed by atoms with E-state index >= 15 is 0 Å². The van der Waals surface area contributed by atoms with Gasteiger partial charge in [-0.05, 0) is 94.3 Å². The number of carbonyl (C=O) groups excluding carboxylic acids is 1. The Kier molecular flexibility index (Phi) is 15.3. The summed E-state index contributed by atoms with van der Waals surface area (Å²) in [5, 5.41) is 60.9. The molecule has 0 aromatic carbocycles. The molecule has 14 nitrogen and oxygen atoms in total. The molecule has 300 valence electrons. The van der Waals surface area contributed by atoms with Crippen LogP contribution < -0.4 is 5.32 Å². The van der Waals surface area contributed by atoms with Gasteiger partial charge in [-0.25, -0.2) is 0 Å². The van der Waals surface area contributed by atoms with Crippen molar-refractivity contribution in [2.24, 2.45) is 17.8 Å². The lowest BCUT2D eigenvalue weighted by molar-refractivity contribution is -0.318. The molecule has 6 N–H and O–H groups in total. The maximum absolute atomic E-state index is 14.1. The molecular formula is C37H70N2O12. The van der Waals surface area contributed by atoms with Crippen molar-refractivity contribution in [2.45, 2.75) is 185 Å². The largest absolute Gasteiger partial charge is 0.459 e. The number of hydrogen-bond donors (Lipinski definition) is 6. The molecule has 0 amide bonds. The Bertz CT molecular complexity index is 1110. The Morgan fingerprint density at radius 3 is 2.14 bits per heavy atom. The number of rotatable bonds is 7. The molecule has 3 rings (SSSR count). The van der Waals surface area contributed by atoms with Crippen LogP contribution in [0.5, 0.6) is 0 Å². The molecule has 3 heterocycles. The van der Waals surface area contributed by atoms with E-state index in [1.54, 1.807) is 41.5 Å². The molecule has 3 aliphatic rings.